The Morgan fingerprint density at radius 3 is 2.74 bits per heavy atom. The first-order valence-corrected chi connectivity index (χ1v) is 9.73. The molecule has 1 amide bonds. The van der Waals surface area contributed by atoms with Crippen LogP contribution >= 0.6 is 11.3 Å². The third-order valence-corrected chi connectivity index (χ3v) is 5.20. The van der Waals surface area contributed by atoms with Gasteiger partial charge < -0.3 is 10.1 Å². The Morgan fingerprint density at radius 1 is 1.26 bits per heavy atom. The number of nitrogens with zero attached hydrogens (tertiary/aromatic N) is 4. The summed E-state index contributed by atoms with van der Waals surface area (Å²) in [5.41, 5.74) is 1.10. The second-order valence-corrected chi connectivity index (χ2v) is 7.41. The first kappa shape index (κ1) is 17.6. The third-order valence-electron chi connectivity index (χ3n) is 4.25. The van der Waals surface area contributed by atoms with E-state index in [1.807, 2.05) is 4.52 Å². The van der Waals surface area contributed by atoms with Gasteiger partial charge in [0.25, 0.3) is 0 Å². The van der Waals surface area contributed by atoms with Gasteiger partial charge in [-0.25, -0.2) is 4.79 Å². The van der Waals surface area contributed by atoms with Crippen LogP contribution in [-0.2, 0) is 16.0 Å². The zero-order valence-electron chi connectivity index (χ0n) is 14.8. The lowest BCUT2D eigenvalue weighted by Gasteiger charge is -2.06. The molecule has 1 saturated carbocycles. The molecule has 1 aromatic carbocycles. The van der Waals surface area contributed by atoms with Crippen LogP contribution in [0.3, 0.4) is 0 Å². The molecule has 1 N–H and O–H groups in total. The summed E-state index contributed by atoms with van der Waals surface area (Å²) in [5.74, 6) is 0.936. The van der Waals surface area contributed by atoms with Crippen LogP contribution in [0, 0.1) is 0 Å². The second-order valence-electron chi connectivity index (χ2n) is 6.37. The molecule has 9 heteroatoms. The van der Waals surface area contributed by atoms with E-state index in [0.717, 1.165) is 28.6 Å². The molecule has 0 aliphatic heterocycles. The van der Waals surface area contributed by atoms with E-state index in [0.29, 0.717) is 36.6 Å². The maximum Gasteiger partial charge on any atom is 0.338 e. The number of anilines is 1. The van der Waals surface area contributed by atoms with Crippen molar-refractivity contribution in [3.63, 3.8) is 0 Å². The van der Waals surface area contributed by atoms with Crippen molar-refractivity contribution in [2.24, 2.45) is 0 Å². The maximum atomic E-state index is 12.2. The molecule has 140 valence electrons. The lowest BCUT2D eigenvalue weighted by molar-refractivity contribution is -0.116. The molecule has 0 atom stereocenters. The summed E-state index contributed by atoms with van der Waals surface area (Å²) in [7, 11) is 0. The second kappa shape index (κ2) is 7.43. The molecule has 0 bridgehead atoms. The van der Waals surface area contributed by atoms with E-state index >= 15 is 0 Å². The summed E-state index contributed by atoms with van der Waals surface area (Å²) in [4.78, 5) is 24.6. The van der Waals surface area contributed by atoms with E-state index in [9.17, 15) is 9.59 Å². The lowest BCUT2D eigenvalue weighted by Crippen LogP contribution is -2.12. The zero-order chi connectivity index (χ0) is 18.8. The molecule has 2 heterocycles. The maximum absolute atomic E-state index is 12.2. The molecular weight excluding hydrogens is 366 g/mol. The number of fused-ring (bicyclic) bond motifs is 1. The lowest BCUT2D eigenvalue weighted by atomic mass is 10.2. The Hall–Kier alpha value is -2.81. The van der Waals surface area contributed by atoms with Crippen molar-refractivity contribution in [3.8, 4) is 0 Å². The highest BCUT2D eigenvalue weighted by atomic mass is 32.1. The molecule has 0 saturated heterocycles. The Bertz CT molecular complexity index is 975. The van der Waals surface area contributed by atoms with Crippen LogP contribution in [0.15, 0.2) is 24.3 Å². The van der Waals surface area contributed by atoms with E-state index in [2.05, 4.69) is 20.6 Å². The van der Waals surface area contributed by atoms with Crippen LogP contribution in [0.25, 0.3) is 4.96 Å². The van der Waals surface area contributed by atoms with E-state index < -0.39 is 0 Å². The average Bonchev–Trinajstić information content (AvgIpc) is 3.30. The van der Waals surface area contributed by atoms with Gasteiger partial charge in [-0.2, -0.15) is 9.61 Å². The van der Waals surface area contributed by atoms with Crippen LogP contribution < -0.4 is 5.32 Å². The van der Waals surface area contributed by atoms with Crippen LogP contribution in [0.1, 0.15) is 53.3 Å². The van der Waals surface area contributed by atoms with E-state index in [1.165, 1.54) is 11.3 Å². The van der Waals surface area contributed by atoms with E-state index in [4.69, 9.17) is 4.74 Å². The van der Waals surface area contributed by atoms with Gasteiger partial charge in [0.15, 0.2) is 5.82 Å². The fraction of sp³-hybridized carbons (Fsp3) is 0.389. The predicted octanol–water partition coefficient (Wildman–Crippen LogP) is 2.81. The molecule has 2 aromatic heterocycles. The number of aryl methyl sites for hydroxylation is 1. The topological polar surface area (TPSA) is 98.5 Å². The van der Waals surface area contributed by atoms with E-state index in [1.54, 1.807) is 31.2 Å². The van der Waals surface area contributed by atoms with Gasteiger partial charge in [-0.3, -0.25) is 4.79 Å². The summed E-state index contributed by atoms with van der Waals surface area (Å²) in [6.45, 7) is 2.09. The molecule has 3 aromatic rings. The number of amides is 1. The van der Waals surface area contributed by atoms with Crippen molar-refractivity contribution < 1.29 is 14.3 Å². The number of nitrogens with one attached hydrogen (secondary N) is 1. The molecule has 0 unspecified atom stereocenters. The van der Waals surface area contributed by atoms with Crippen molar-refractivity contribution in [3.05, 3.63) is 40.7 Å². The minimum atomic E-state index is -0.371. The number of rotatable bonds is 7. The van der Waals surface area contributed by atoms with Crippen LogP contribution in [-0.4, -0.2) is 38.3 Å². The Morgan fingerprint density at radius 2 is 2.04 bits per heavy atom. The van der Waals surface area contributed by atoms with Crippen molar-refractivity contribution >= 4 is 33.9 Å². The normalized spacial score (nSPS) is 13.7. The first-order chi connectivity index (χ1) is 13.1. The predicted molar refractivity (Wildman–Crippen MR) is 100.0 cm³/mol. The Labute approximate surface area is 159 Å². The fourth-order valence-electron chi connectivity index (χ4n) is 2.72. The molecule has 1 aliphatic rings. The summed E-state index contributed by atoms with van der Waals surface area (Å²) in [5, 5.41) is 16.6. The fourth-order valence-corrected chi connectivity index (χ4v) is 3.56. The highest BCUT2D eigenvalue weighted by Gasteiger charge is 2.30. The van der Waals surface area contributed by atoms with Crippen LogP contribution in [0.4, 0.5) is 5.69 Å². The number of carbonyl (C=O) groups excluding carboxylic acids is 2. The Kier molecular flexibility index (Phi) is 4.85. The minimum Gasteiger partial charge on any atom is -0.462 e. The number of aromatic nitrogens is 4. The van der Waals surface area contributed by atoms with Gasteiger partial charge in [0.05, 0.1) is 12.2 Å². The van der Waals surface area contributed by atoms with Crippen molar-refractivity contribution in [2.75, 3.05) is 11.9 Å². The van der Waals surface area contributed by atoms with Gasteiger partial charge in [-0.15, -0.1) is 10.2 Å². The number of benzene rings is 1. The molecule has 4 rings (SSSR count). The van der Waals surface area contributed by atoms with Crippen molar-refractivity contribution in [1.29, 1.82) is 0 Å². The summed E-state index contributed by atoms with van der Waals surface area (Å²) >= 11 is 1.47. The van der Waals surface area contributed by atoms with Gasteiger partial charge in [0.1, 0.15) is 5.01 Å². The summed E-state index contributed by atoms with van der Waals surface area (Å²) < 4.78 is 6.75. The molecule has 0 radical (unpaired) electrons. The summed E-state index contributed by atoms with van der Waals surface area (Å²) in [6, 6.07) is 6.65. The molecule has 1 fully saturated rings. The smallest absolute Gasteiger partial charge is 0.338 e. The van der Waals surface area contributed by atoms with Gasteiger partial charge in [0, 0.05) is 24.4 Å². The minimum absolute atomic E-state index is 0.104. The van der Waals surface area contributed by atoms with Crippen molar-refractivity contribution in [2.45, 2.75) is 38.5 Å². The van der Waals surface area contributed by atoms with E-state index in [-0.39, 0.29) is 11.9 Å². The number of ether oxygens (including phenoxy) is 1. The van der Waals surface area contributed by atoms with Gasteiger partial charge in [-0.1, -0.05) is 11.3 Å². The third kappa shape index (κ3) is 3.97. The standard InChI is InChI=1S/C18H19N5O3S/c1-2-26-17(25)12-5-7-13(8-6-12)19-14(24)9-10-15-22-23-16(11-3-4-11)20-21-18(23)27-15/h5-8,11H,2-4,9-10H2,1H3,(H,19,24). The largest absolute Gasteiger partial charge is 0.462 e. The summed E-state index contributed by atoms with van der Waals surface area (Å²) in [6.07, 6.45) is 3.16. The number of carbonyl (C=O) groups is 2. The van der Waals surface area contributed by atoms with Gasteiger partial charge >= 0.3 is 5.97 Å². The highest BCUT2D eigenvalue weighted by molar-refractivity contribution is 7.16. The van der Waals surface area contributed by atoms with Crippen LogP contribution in [0.5, 0.6) is 0 Å². The molecule has 27 heavy (non-hydrogen) atoms. The van der Waals surface area contributed by atoms with Crippen molar-refractivity contribution in [1.82, 2.24) is 19.8 Å². The number of hydrogen-bond donors (Lipinski definition) is 1. The number of esters is 1. The monoisotopic (exact) mass is 385 g/mol. The van der Waals surface area contributed by atoms with Gasteiger partial charge in [0.2, 0.25) is 10.9 Å². The van der Waals surface area contributed by atoms with Gasteiger partial charge in [-0.05, 0) is 44.0 Å². The molecule has 8 nitrogen and oxygen atoms in total. The molecule has 0 spiro atoms. The molecular formula is C18H19N5O3S. The van der Waals surface area contributed by atoms with Crippen LogP contribution in [0.2, 0.25) is 0 Å². The Balaban J connectivity index is 1.32. The quantitative estimate of drug-likeness (QED) is 0.628. The highest BCUT2D eigenvalue weighted by Crippen LogP contribution is 2.39. The first-order valence-electron chi connectivity index (χ1n) is 8.92. The molecule has 1 aliphatic carbocycles. The zero-order valence-corrected chi connectivity index (χ0v) is 15.7. The number of hydrogen-bond acceptors (Lipinski definition) is 7. The SMILES string of the molecule is CCOC(=O)c1ccc(NC(=O)CCc2nn3c(C4CC4)nnc3s2)cc1. The average molecular weight is 385 g/mol.